The van der Waals surface area contributed by atoms with Crippen molar-refractivity contribution in [3.8, 4) is 0 Å². The first kappa shape index (κ1) is 16.2. The van der Waals surface area contributed by atoms with Gasteiger partial charge in [0.1, 0.15) is 6.04 Å². The van der Waals surface area contributed by atoms with Crippen molar-refractivity contribution < 1.29 is 14.3 Å². The number of methoxy groups -OCH3 is 1. The summed E-state index contributed by atoms with van der Waals surface area (Å²) in [6.07, 6.45) is 2.15. The fraction of sp³-hybridized carbons (Fsp3) is 0.389. The van der Waals surface area contributed by atoms with Crippen LogP contribution in [-0.4, -0.2) is 39.5 Å². The number of esters is 1. The van der Waals surface area contributed by atoms with Crippen LogP contribution in [0.2, 0.25) is 0 Å². The number of hydrogen-bond donors (Lipinski definition) is 0. The summed E-state index contributed by atoms with van der Waals surface area (Å²) in [6, 6.07) is 8.59. The van der Waals surface area contributed by atoms with Crippen LogP contribution in [0, 0.1) is 0 Å². The summed E-state index contributed by atoms with van der Waals surface area (Å²) in [5.41, 5.74) is 2.40. The molecule has 3 rings (SSSR count). The van der Waals surface area contributed by atoms with Gasteiger partial charge >= 0.3 is 5.97 Å². The van der Waals surface area contributed by atoms with E-state index in [0.717, 1.165) is 11.4 Å². The second-order valence-electron chi connectivity index (χ2n) is 6.18. The van der Waals surface area contributed by atoms with Crippen LogP contribution < -0.4 is 0 Å². The Balaban J connectivity index is 1.99. The first-order valence-corrected chi connectivity index (χ1v) is 8.01. The predicted molar refractivity (Wildman–Crippen MR) is 88.4 cm³/mol. The Hall–Kier alpha value is -2.63. The summed E-state index contributed by atoms with van der Waals surface area (Å²) in [5, 5.41) is 0. The largest absolute Gasteiger partial charge is 0.467 e. The van der Waals surface area contributed by atoms with Crippen LogP contribution in [0.15, 0.2) is 36.7 Å². The van der Waals surface area contributed by atoms with E-state index in [1.165, 1.54) is 7.11 Å². The van der Waals surface area contributed by atoms with Gasteiger partial charge in [-0.25, -0.2) is 9.78 Å². The average Bonchev–Trinajstić information content (AvgIpc) is 3.03. The monoisotopic (exact) mass is 327 g/mol. The summed E-state index contributed by atoms with van der Waals surface area (Å²) in [5.74, 6) is -0.586. The first-order valence-electron chi connectivity index (χ1n) is 8.01. The van der Waals surface area contributed by atoms with Gasteiger partial charge in [0.25, 0.3) is 5.91 Å². The Labute approximate surface area is 141 Å². The smallest absolute Gasteiger partial charge is 0.329 e. The molecule has 0 aliphatic carbocycles. The van der Waals surface area contributed by atoms with Gasteiger partial charge in [0, 0.05) is 18.0 Å². The van der Waals surface area contributed by atoms with Crippen molar-refractivity contribution in [3.63, 3.8) is 0 Å². The number of carbonyl (C=O) groups excluding carboxylic acids is 2. The lowest BCUT2D eigenvalue weighted by atomic mass is 10.0. The van der Waals surface area contributed by atoms with Crippen LogP contribution >= 0.6 is 0 Å². The molecule has 0 saturated carbocycles. The third kappa shape index (κ3) is 2.79. The van der Waals surface area contributed by atoms with Gasteiger partial charge in [0.2, 0.25) is 0 Å². The second kappa shape index (κ2) is 6.47. The van der Waals surface area contributed by atoms with Gasteiger partial charge in [-0.2, -0.15) is 0 Å². The maximum absolute atomic E-state index is 12.9. The van der Waals surface area contributed by atoms with Crippen LogP contribution in [0.5, 0.6) is 0 Å². The SMILES string of the molecule is COC(=O)[C@@H]1Cc2ncn(C(C)C)c2CN1C(=O)c1ccccc1. The van der Waals surface area contributed by atoms with E-state index in [9.17, 15) is 9.59 Å². The van der Waals surface area contributed by atoms with Crippen molar-refractivity contribution in [2.24, 2.45) is 0 Å². The molecule has 2 heterocycles. The summed E-state index contributed by atoms with van der Waals surface area (Å²) in [6.45, 7) is 4.48. The molecular weight excluding hydrogens is 306 g/mol. The predicted octanol–water partition coefficient (Wildman–Crippen LogP) is 2.20. The Bertz CT molecular complexity index is 752. The molecule has 6 heteroatoms. The zero-order valence-corrected chi connectivity index (χ0v) is 14.1. The molecular formula is C18H21N3O3. The highest BCUT2D eigenvalue weighted by molar-refractivity contribution is 5.97. The van der Waals surface area contributed by atoms with E-state index in [-0.39, 0.29) is 11.9 Å². The summed E-state index contributed by atoms with van der Waals surface area (Å²) in [4.78, 5) is 31.2. The van der Waals surface area contributed by atoms with Gasteiger partial charge in [-0.3, -0.25) is 4.79 Å². The topological polar surface area (TPSA) is 64.4 Å². The molecule has 24 heavy (non-hydrogen) atoms. The van der Waals surface area contributed by atoms with Gasteiger partial charge in [0.05, 0.1) is 31.4 Å². The van der Waals surface area contributed by atoms with E-state index in [0.29, 0.717) is 18.5 Å². The number of fused-ring (bicyclic) bond motifs is 1. The lowest BCUT2D eigenvalue weighted by Crippen LogP contribution is -2.49. The average molecular weight is 327 g/mol. The number of benzene rings is 1. The maximum atomic E-state index is 12.9. The molecule has 0 fully saturated rings. The molecule has 126 valence electrons. The molecule has 1 amide bonds. The number of ether oxygens (including phenoxy) is 1. The minimum Gasteiger partial charge on any atom is -0.467 e. The van der Waals surface area contributed by atoms with Crippen molar-refractivity contribution in [2.45, 2.75) is 38.9 Å². The fourth-order valence-electron chi connectivity index (χ4n) is 3.08. The molecule has 1 aromatic heterocycles. The Kier molecular flexibility index (Phi) is 4.38. The molecule has 2 aromatic rings. The van der Waals surface area contributed by atoms with Crippen LogP contribution in [-0.2, 0) is 22.5 Å². The first-order chi connectivity index (χ1) is 11.5. The van der Waals surface area contributed by atoms with Gasteiger partial charge < -0.3 is 14.2 Å². The highest BCUT2D eigenvalue weighted by Crippen LogP contribution is 2.27. The van der Waals surface area contributed by atoms with Crippen molar-refractivity contribution in [1.82, 2.24) is 14.5 Å². The number of nitrogens with zero attached hydrogens (tertiary/aromatic N) is 3. The van der Waals surface area contributed by atoms with Crippen molar-refractivity contribution >= 4 is 11.9 Å². The molecule has 1 aromatic carbocycles. The van der Waals surface area contributed by atoms with E-state index in [1.807, 2.05) is 22.8 Å². The van der Waals surface area contributed by atoms with E-state index < -0.39 is 12.0 Å². The minimum atomic E-state index is -0.647. The third-order valence-corrected chi connectivity index (χ3v) is 4.38. The van der Waals surface area contributed by atoms with E-state index in [4.69, 9.17) is 4.74 Å². The highest BCUT2D eigenvalue weighted by Gasteiger charge is 2.38. The summed E-state index contributed by atoms with van der Waals surface area (Å²) >= 11 is 0. The molecule has 6 nitrogen and oxygen atoms in total. The molecule has 1 aliphatic rings. The molecule has 0 spiro atoms. The minimum absolute atomic E-state index is 0.173. The molecule has 0 N–H and O–H groups in total. The zero-order valence-electron chi connectivity index (χ0n) is 14.1. The Morgan fingerprint density at radius 2 is 1.96 bits per heavy atom. The van der Waals surface area contributed by atoms with Crippen LogP contribution in [0.1, 0.15) is 41.6 Å². The Morgan fingerprint density at radius 3 is 2.58 bits per heavy atom. The number of carbonyl (C=O) groups is 2. The van der Waals surface area contributed by atoms with Gasteiger partial charge in [-0.05, 0) is 26.0 Å². The normalized spacial score (nSPS) is 16.8. The number of amides is 1. The van der Waals surface area contributed by atoms with Crippen LogP contribution in [0.25, 0.3) is 0 Å². The number of imidazole rings is 1. The lowest BCUT2D eigenvalue weighted by Gasteiger charge is -2.34. The highest BCUT2D eigenvalue weighted by atomic mass is 16.5. The van der Waals surface area contributed by atoms with Crippen LogP contribution in [0.4, 0.5) is 0 Å². The standard InChI is InChI=1S/C18H21N3O3/c1-12(2)21-11-19-14-9-15(18(23)24-3)20(10-16(14)21)17(22)13-7-5-4-6-8-13/h4-8,11-12,15H,9-10H2,1-3H3/t15-/m0/s1. The number of hydrogen-bond acceptors (Lipinski definition) is 4. The van der Waals surface area contributed by atoms with Gasteiger partial charge in [-0.1, -0.05) is 18.2 Å². The number of aromatic nitrogens is 2. The second-order valence-corrected chi connectivity index (χ2v) is 6.18. The van der Waals surface area contributed by atoms with Crippen molar-refractivity contribution in [3.05, 3.63) is 53.6 Å². The number of rotatable bonds is 3. The van der Waals surface area contributed by atoms with E-state index in [2.05, 4.69) is 18.8 Å². The molecule has 0 radical (unpaired) electrons. The molecule has 0 bridgehead atoms. The maximum Gasteiger partial charge on any atom is 0.329 e. The Morgan fingerprint density at radius 1 is 1.25 bits per heavy atom. The zero-order chi connectivity index (χ0) is 17.3. The molecule has 0 unspecified atom stereocenters. The third-order valence-electron chi connectivity index (χ3n) is 4.38. The van der Waals surface area contributed by atoms with E-state index >= 15 is 0 Å². The van der Waals surface area contributed by atoms with Gasteiger partial charge in [-0.15, -0.1) is 0 Å². The van der Waals surface area contributed by atoms with E-state index in [1.54, 1.807) is 23.4 Å². The fourth-order valence-corrected chi connectivity index (χ4v) is 3.08. The van der Waals surface area contributed by atoms with Crippen molar-refractivity contribution in [1.29, 1.82) is 0 Å². The molecule has 0 saturated heterocycles. The van der Waals surface area contributed by atoms with Gasteiger partial charge in [0.15, 0.2) is 0 Å². The quantitative estimate of drug-likeness (QED) is 0.811. The van der Waals surface area contributed by atoms with Crippen molar-refractivity contribution in [2.75, 3.05) is 7.11 Å². The van der Waals surface area contributed by atoms with Crippen LogP contribution in [0.3, 0.4) is 0 Å². The summed E-state index contributed by atoms with van der Waals surface area (Å²) < 4.78 is 6.96. The lowest BCUT2D eigenvalue weighted by molar-refractivity contribution is -0.146. The molecule has 1 atom stereocenters. The summed E-state index contributed by atoms with van der Waals surface area (Å²) in [7, 11) is 1.34. The molecule has 1 aliphatic heterocycles.